The highest BCUT2D eigenvalue weighted by Crippen LogP contribution is 2.15. The molecule has 0 saturated heterocycles. The third kappa shape index (κ3) is 2.91. The van der Waals surface area contributed by atoms with Crippen LogP contribution in [0.5, 0.6) is 0 Å². The van der Waals surface area contributed by atoms with E-state index in [2.05, 4.69) is 5.32 Å². The molecule has 0 spiro atoms. The van der Waals surface area contributed by atoms with Crippen LogP contribution in [0.2, 0.25) is 0 Å². The van der Waals surface area contributed by atoms with Gasteiger partial charge in [-0.25, -0.2) is 0 Å². The second-order valence-electron chi connectivity index (χ2n) is 4.40. The molecule has 0 unspecified atom stereocenters. The van der Waals surface area contributed by atoms with Gasteiger partial charge in [-0.15, -0.1) is 0 Å². The Balaban J connectivity index is 2.24. The number of amides is 2. The third-order valence-corrected chi connectivity index (χ3v) is 3.07. The minimum absolute atomic E-state index is 0.281. The second-order valence-corrected chi connectivity index (χ2v) is 4.40. The molecule has 19 heavy (non-hydrogen) atoms. The monoisotopic (exact) mass is 256 g/mol. The molecule has 4 heteroatoms. The van der Waals surface area contributed by atoms with Crippen LogP contribution in [0.25, 0.3) is 10.8 Å². The number of nitrogens with one attached hydrogen (secondary N) is 1. The van der Waals surface area contributed by atoms with Gasteiger partial charge in [-0.1, -0.05) is 37.3 Å². The zero-order chi connectivity index (χ0) is 13.8. The van der Waals surface area contributed by atoms with E-state index in [-0.39, 0.29) is 5.91 Å². The Kier molecular flexibility index (Phi) is 3.80. The maximum Gasteiger partial charge on any atom is 0.251 e. The number of hydrogen-bond donors (Lipinski definition) is 2. The molecule has 0 radical (unpaired) electrons. The molecule has 0 fully saturated rings. The van der Waals surface area contributed by atoms with Gasteiger partial charge in [0.05, 0.1) is 0 Å². The van der Waals surface area contributed by atoms with E-state index in [1.54, 1.807) is 19.1 Å². The fourth-order valence-corrected chi connectivity index (χ4v) is 1.95. The van der Waals surface area contributed by atoms with Crippen molar-refractivity contribution in [1.29, 1.82) is 0 Å². The molecule has 0 aliphatic rings. The summed E-state index contributed by atoms with van der Waals surface area (Å²) in [5.74, 6) is -0.798. The fraction of sp³-hybridized carbons (Fsp3) is 0.200. The summed E-state index contributed by atoms with van der Waals surface area (Å²) in [6, 6.07) is 12.6. The molecule has 2 amide bonds. The summed E-state index contributed by atoms with van der Waals surface area (Å²) < 4.78 is 0. The minimum atomic E-state index is -0.626. The molecule has 0 bridgehead atoms. The van der Waals surface area contributed by atoms with E-state index in [1.165, 1.54) is 0 Å². The second kappa shape index (κ2) is 5.52. The van der Waals surface area contributed by atoms with E-state index in [1.807, 2.05) is 30.3 Å². The molecule has 0 aliphatic carbocycles. The highest BCUT2D eigenvalue weighted by atomic mass is 16.2. The lowest BCUT2D eigenvalue weighted by Crippen LogP contribution is -2.43. The molecule has 2 rings (SSSR count). The lowest BCUT2D eigenvalue weighted by atomic mass is 10.1. The minimum Gasteiger partial charge on any atom is -0.368 e. The molecule has 2 aromatic rings. The first-order valence-corrected chi connectivity index (χ1v) is 6.21. The van der Waals surface area contributed by atoms with Crippen LogP contribution in [-0.4, -0.2) is 17.9 Å². The van der Waals surface area contributed by atoms with Gasteiger partial charge in [-0.3, -0.25) is 9.59 Å². The average molecular weight is 256 g/mol. The zero-order valence-electron chi connectivity index (χ0n) is 10.7. The Hall–Kier alpha value is -2.36. The molecule has 4 nitrogen and oxygen atoms in total. The van der Waals surface area contributed by atoms with Crippen LogP contribution >= 0.6 is 0 Å². The molecule has 1 atom stereocenters. The van der Waals surface area contributed by atoms with Crippen LogP contribution in [-0.2, 0) is 4.79 Å². The van der Waals surface area contributed by atoms with Crippen molar-refractivity contribution >= 4 is 22.6 Å². The topological polar surface area (TPSA) is 72.2 Å². The lowest BCUT2D eigenvalue weighted by Gasteiger charge is -2.13. The quantitative estimate of drug-likeness (QED) is 0.876. The molecule has 2 aromatic carbocycles. The highest BCUT2D eigenvalue weighted by molar-refractivity contribution is 6.00. The van der Waals surface area contributed by atoms with Crippen LogP contribution in [0.15, 0.2) is 42.5 Å². The van der Waals surface area contributed by atoms with Crippen LogP contribution in [0, 0.1) is 0 Å². The zero-order valence-corrected chi connectivity index (χ0v) is 10.7. The van der Waals surface area contributed by atoms with E-state index < -0.39 is 11.9 Å². The Morgan fingerprint density at radius 1 is 1.16 bits per heavy atom. The Bertz CT molecular complexity index is 622. The van der Waals surface area contributed by atoms with Crippen molar-refractivity contribution in [2.24, 2.45) is 5.73 Å². The first kappa shape index (κ1) is 13.1. The van der Waals surface area contributed by atoms with E-state index in [4.69, 9.17) is 5.73 Å². The van der Waals surface area contributed by atoms with Crippen molar-refractivity contribution in [1.82, 2.24) is 5.32 Å². The molecule has 0 heterocycles. The van der Waals surface area contributed by atoms with Gasteiger partial charge in [0.2, 0.25) is 5.91 Å². The van der Waals surface area contributed by atoms with Gasteiger partial charge in [0, 0.05) is 5.56 Å². The maximum absolute atomic E-state index is 12.0. The van der Waals surface area contributed by atoms with Crippen molar-refractivity contribution in [3.05, 3.63) is 48.0 Å². The number of hydrogen-bond acceptors (Lipinski definition) is 2. The molecule has 0 aliphatic heterocycles. The number of fused-ring (bicyclic) bond motifs is 1. The van der Waals surface area contributed by atoms with Gasteiger partial charge in [0.15, 0.2) is 0 Å². The number of carbonyl (C=O) groups is 2. The van der Waals surface area contributed by atoms with Gasteiger partial charge < -0.3 is 11.1 Å². The third-order valence-electron chi connectivity index (χ3n) is 3.07. The van der Waals surface area contributed by atoms with Crippen LogP contribution in [0.1, 0.15) is 23.7 Å². The average Bonchev–Trinajstić information content (AvgIpc) is 2.43. The predicted molar refractivity (Wildman–Crippen MR) is 74.7 cm³/mol. The first-order chi connectivity index (χ1) is 9.11. The van der Waals surface area contributed by atoms with Gasteiger partial charge in [-0.05, 0) is 29.3 Å². The Morgan fingerprint density at radius 2 is 1.84 bits per heavy atom. The number of benzene rings is 2. The summed E-state index contributed by atoms with van der Waals surface area (Å²) >= 11 is 0. The summed E-state index contributed by atoms with van der Waals surface area (Å²) in [5, 5.41) is 4.69. The lowest BCUT2D eigenvalue weighted by molar-refractivity contribution is -0.119. The van der Waals surface area contributed by atoms with Gasteiger partial charge >= 0.3 is 0 Å². The van der Waals surface area contributed by atoms with Crippen LogP contribution in [0.4, 0.5) is 0 Å². The van der Waals surface area contributed by atoms with Crippen molar-refractivity contribution in [3.8, 4) is 0 Å². The van der Waals surface area contributed by atoms with Gasteiger partial charge in [0.1, 0.15) is 6.04 Å². The van der Waals surface area contributed by atoms with Gasteiger partial charge in [0.25, 0.3) is 5.91 Å². The summed E-state index contributed by atoms with van der Waals surface area (Å²) in [4.78, 5) is 23.2. The normalized spacial score (nSPS) is 12.1. The van der Waals surface area contributed by atoms with Gasteiger partial charge in [-0.2, -0.15) is 0 Å². The summed E-state index contributed by atoms with van der Waals surface area (Å²) in [5.41, 5.74) is 5.74. The van der Waals surface area contributed by atoms with E-state index >= 15 is 0 Å². The first-order valence-electron chi connectivity index (χ1n) is 6.21. The number of primary amides is 1. The number of carbonyl (C=O) groups excluding carboxylic acids is 2. The van der Waals surface area contributed by atoms with Crippen molar-refractivity contribution in [2.45, 2.75) is 19.4 Å². The van der Waals surface area contributed by atoms with E-state index in [9.17, 15) is 9.59 Å². The molecular formula is C15H16N2O2. The smallest absolute Gasteiger partial charge is 0.251 e. The number of rotatable bonds is 4. The SMILES string of the molecule is CC[C@H](NC(=O)c1ccc2ccccc2c1)C(N)=O. The summed E-state index contributed by atoms with van der Waals surface area (Å²) in [6.07, 6.45) is 0.481. The molecule has 3 N–H and O–H groups in total. The van der Waals surface area contributed by atoms with Crippen LogP contribution in [0.3, 0.4) is 0 Å². The molecular weight excluding hydrogens is 240 g/mol. The molecule has 0 saturated carbocycles. The number of nitrogens with two attached hydrogens (primary N) is 1. The largest absolute Gasteiger partial charge is 0.368 e. The van der Waals surface area contributed by atoms with Crippen molar-refractivity contribution in [2.75, 3.05) is 0 Å². The standard InChI is InChI=1S/C15H16N2O2/c1-2-13(14(16)18)17-15(19)12-8-7-10-5-3-4-6-11(10)9-12/h3-9,13H,2H2,1H3,(H2,16,18)(H,17,19)/t13-/m0/s1. The Labute approximate surface area is 111 Å². The van der Waals surface area contributed by atoms with Crippen LogP contribution < -0.4 is 11.1 Å². The molecule has 0 aromatic heterocycles. The van der Waals surface area contributed by atoms with E-state index in [0.717, 1.165) is 10.8 Å². The summed E-state index contributed by atoms with van der Waals surface area (Å²) in [7, 11) is 0. The predicted octanol–water partition coefficient (Wildman–Crippen LogP) is 1.83. The Morgan fingerprint density at radius 3 is 2.47 bits per heavy atom. The van der Waals surface area contributed by atoms with E-state index in [0.29, 0.717) is 12.0 Å². The molecule has 98 valence electrons. The summed E-state index contributed by atoms with van der Waals surface area (Å²) in [6.45, 7) is 1.80. The maximum atomic E-state index is 12.0. The van der Waals surface area contributed by atoms with Crippen molar-refractivity contribution in [3.63, 3.8) is 0 Å². The highest BCUT2D eigenvalue weighted by Gasteiger charge is 2.16. The van der Waals surface area contributed by atoms with Crippen molar-refractivity contribution < 1.29 is 9.59 Å². The fourth-order valence-electron chi connectivity index (χ4n) is 1.95.